The highest BCUT2D eigenvalue weighted by Crippen LogP contribution is 2.37. The molecule has 1 rings (SSSR count). The third-order valence-electron chi connectivity index (χ3n) is 0.942. The maximum absolute atomic E-state index is 8.55. The first-order chi connectivity index (χ1) is 2.71. The zero-order chi connectivity index (χ0) is 4.62. The van der Waals surface area contributed by atoms with Gasteiger partial charge in [-0.05, 0) is 6.42 Å². The molecule has 1 fully saturated rings. The molecule has 36 valence electrons. The van der Waals surface area contributed by atoms with Gasteiger partial charge >= 0.3 is 0 Å². The highest BCUT2D eigenvalue weighted by molar-refractivity contribution is 8.17. The van der Waals surface area contributed by atoms with E-state index in [0.29, 0.717) is 11.5 Å². The minimum atomic E-state index is -1.98. The summed E-state index contributed by atoms with van der Waals surface area (Å²) in [5.41, 5.74) is 0. The average Bonchev–Trinajstić information content (AvgIpc) is 1.32. The Morgan fingerprint density at radius 3 is 1.83 bits per heavy atom. The summed E-state index contributed by atoms with van der Waals surface area (Å²) >= 11 is 0. The number of hydrogen-bond acceptors (Lipinski definition) is 2. The lowest BCUT2D eigenvalue weighted by Crippen LogP contribution is -2.09. The van der Waals surface area contributed by atoms with E-state index in [9.17, 15) is 0 Å². The highest BCUT2D eigenvalue weighted by Gasteiger charge is 2.18. The van der Waals surface area contributed by atoms with Crippen molar-refractivity contribution < 1.29 is 4.55 Å². The van der Waals surface area contributed by atoms with E-state index in [4.69, 9.17) is 9.16 Å². The van der Waals surface area contributed by atoms with Gasteiger partial charge in [0.2, 0.25) is 0 Å². The first-order valence-corrected chi connectivity index (χ1v) is 3.83. The average molecular weight is 105 g/mol. The van der Waals surface area contributed by atoms with Gasteiger partial charge in [-0.25, -0.2) is 4.61 Å². The summed E-state index contributed by atoms with van der Waals surface area (Å²) < 4.78 is 17.1. The third-order valence-corrected chi connectivity index (χ3v) is 2.83. The highest BCUT2D eigenvalue weighted by atomic mass is 32.2. The molecule has 0 amide bonds. The first-order valence-electron chi connectivity index (χ1n) is 1.94. The quantitative estimate of drug-likeness (QED) is 0.502. The lowest BCUT2D eigenvalue weighted by molar-refractivity contribution is 0.617. The van der Waals surface area contributed by atoms with Crippen molar-refractivity contribution in [2.75, 3.05) is 11.5 Å². The minimum absolute atomic E-state index is 0.646. The molecule has 0 unspecified atom stereocenters. The van der Waals surface area contributed by atoms with Crippen LogP contribution in [-0.2, 0) is 0 Å². The van der Waals surface area contributed by atoms with E-state index in [1.165, 1.54) is 0 Å². The molecule has 0 aromatic carbocycles. The summed E-state index contributed by atoms with van der Waals surface area (Å²) in [6, 6.07) is 0. The van der Waals surface area contributed by atoms with Crippen molar-refractivity contribution >= 4 is 9.94 Å². The molecule has 0 bridgehead atoms. The normalized spacial score (nSPS) is 28.7. The van der Waals surface area contributed by atoms with E-state index >= 15 is 0 Å². The minimum Gasteiger partial charge on any atom is -0.320 e. The molecule has 1 aliphatic rings. The summed E-state index contributed by atoms with van der Waals surface area (Å²) in [7, 11) is -1.98. The second-order valence-electron chi connectivity index (χ2n) is 1.56. The van der Waals surface area contributed by atoms with Gasteiger partial charge in [0.05, 0.1) is 0 Å². The standard InChI is InChI=1S/C3H7NOS/c4-6(5)2-1-3-6/h5H,1-3H2. The fourth-order valence-electron chi connectivity index (χ4n) is 0.403. The van der Waals surface area contributed by atoms with Gasteiger partial charge in [-0.3, -0.25) is 0 Å². The van der Waals surface area contributed by atoms with Gasteiger partial charge in [-0.15, -0.1) is 0 Å². The second-order valence-corrected chi connectivity index (χ2v) is 3.98. The Bertz CT molecular complexity index is 132. The summed E-state index contributed by atoms with van der Waals surface area (Å²) in [5.74, 6) is 1.29. The van der Waals surface area contributed by atoms with Crippen molar-refractivity contribution in [2.24, 2.45) is 0 Å². The molecule has 1 aliphatic heterocycles. The smallest absolute Gasteiger partial charge is 0.0365 e. The van der Waals surface area contributed by atoms with Crippen LogP contribution >= 0.6 is 9.94 Å². The Morgan fingerprint density at radius 2 is 1.83 bits per heavy atom. The van der Waals surface area contributed by atoms with Gasteiger partial charge in [-0.2, -0.15) is 0 Å². The predicted molar refractivity (Wildman–Crippen MR) is 26.3 cm³/mol. The van der Waals surface area contributed by atoms with Crippen LogP contribution < -0.4 is 0 Å². The van der Waals surface area contributed by atoms with E-state index in [1.54, 1.807) is 0 Å². The SMILES string of the molecule is N#S1(O)CCC1. The van der Waals surface area contributed by atoms with Gasteiger partial charge in [0.25, 0.3) is 0 Å². The van der Waals surface area contributed by atoms with Gasteiger partial charge in [-0.1, -0.05) is 0 Å². The molecule has 2 nitrogen and oxygen atoms in total. The summed E-state index contributed by atoms with van der Waals surface area (Å²) in [5, 5.41) is 0. The van der Waals surface area contributed by atoms with E-state index in [0.717, 1.165) is 6.42 Å². The largest absolute Gasteiger partial charge is 0.320 e. The van der Waals surface area contributed by atoms with Gasteiger partial charge in [0.15, 0.2) is 0 Å². The second kappa shape index (κ2) is 0.997. The maximum Gasteiger partial charge on any atom is 0.0365 e. The van der Waals surface area contributed by atoms with Crippen LogP contribution in [-0.4, -0.2) is 16.1 Å². The van der Waals surface area contributed by atoms with E-state index in [2.05, 4.69) is 0 Å². The van der Waals surface area contributed by atoms with E-state index < -0.39 is 9.94 Å². The van der Waals surface area contributed by atoms with Crippen LogP contribution in [0, 0.1) is 4.61 Å². The number of hydrogen-bond donors (Lipinski definition) is 1. The van der Waals surface area contributed by atoms with Crippen LogP contribution in [0.3, 0.4) is 0 Å². The molecular formula is C3H7NOS. The third kappa shape index (κ3) is 0.570. The van der Waals surface area contributed by atoms with Gasteiger partial charge in [0, 0.05) is 21.4 Å². The molecule has 0 atom stereocenters. The molecule has 0 saturated carbocycles. The zero-order valence-corrected chi connectivity index (χ0v) is 4.24. The van der Waals surface area contributed by atoms with Crippen LogP contribution in [0.5, 0.6) is 0 Å². The van der Waals surface area contributed by atoms with Crippen LogP contribution in [0.25, 0.3) is 0 Å². The molecule has 3 heteroatoms. The Kier molecular flexibility index (Phi) is 0.696. The lowest BCUT2D eigenvalue weighted by atomic mass is 10.5. The van der Waals surface area contributed by atoms with Gasteiger partial charge < -0.3 is 4.55 Å². The van der Waals surface area contributed by atoms with Crippen molar-refractivity contribution in [3.8, 4) is 0 Å². The van der Waals surface area contributed by atoms with Gasteiger partial charge in [0.1, 0.15) is 0 Å². The van der Waals surface area contributed by atoms with Crippen LogP contribution in [0.15, 0.2) is 0 Å². The number of rotatable bonds is 0. The molecule has 0 radical (unpaired) electrons. The predicted octanol–water partition coefficient (Wildman–Crippen LogP) is 1.15. The Morgan fingerprint density at radius 1 is 1.50 bits per heavy atom. The molecule has 0 aliphatic carbocycles. The molecular weight excluding hydrogens is 98.1 g/mol. The lowest BCUT2D eigenvalue weighted by Gasteiger charge is -2.19. The van der Waals surface area contributed by atoms with Crippen molar-refractivity contribution in [3.05, 3.63) is 0 Å². The van der Waals surface area contributed by atoms with Crippen LogP contribution in [0.4, 0.5) is 0 Å². The van der Waals surface area contributed by atoms with Crippen molar-refractivity contribution in [1.82, 2.24) is 0 Å². The van der Waals surface area contributed by atoms with Crippen molar-refractivity contribution in [3.63, 3.8) is 0 Å². The summed E-state index contributed by atoms with van der Waals surface area (Å²) in [4.78, 5) is 0. The molecule has 6 heavy (non-hydrogen) atoms. The van der Waals surface area contributed by atoms with Crippen LogP contribution in [0.1, 0.15) is 6.42 Å². The Balaban J connectivity index is 2.61. The monoisotopic (exact) mass is 105 g/mol. The molecule has 0 spiro atoms. The van der Waals surface area contributed by atoms with Crippen molar-refractivity contribution in [2.45, 2.75) is 6.42 Å². The summed E-state index contributed by atoms with van der Waals surface area (Å²) in [6.07, 6.45) is 1.00. The van der Waals surface area contributed by atoms with E-state index in [-0.39, 0.29) is 0 Å². The zero-order valence-electron chi connectivity index (χ0n) is 3.42. The Labute approximate surface area is 37.9 Å². The molecule has 1 saturated heterocycles. The van der Waals surface area contributed by atoms with Crippen molar-refractivity contribution in [1.29, 1.82) is 4.61 Å². The van der Waals surface area contributed by atoms with E-state index in [1.807, 2.05) is 0 Å². The fourth-order valence-corrected chi connectivity index (χ4v) is 1.21. The topological polar surface area (TPSA) is 44.0 Å². The molecule has 0 aromatic heterocycles. The van der Waals surface area contributed by atoms with Crippen LogP contribution in [0.2, 0.25) is 0 Å². The molecule has 1 heterocycles. The first kappa shape index (κ1) is 4.19. The maximum atomic E-state index is 8.55. The molecule has 0 aromatic rings. The molecule has 1 N–H and O–H groups in total. The fraction of sp³-hybridized carbons (Fsp3) is 1.00. The summed E-state index contributed by atoms with van der Waals surface area (Å²) in [6.45, 7) is 0. The number of nitrogens with zero attached hydrogens (tertiary/aromatic N) is 1. The Hall–Kier alpha value is 0.0200.